The number of imide groups is 2. The minimum absolute atomic E-state index is 0.0257. The van der Waals surface area contributed by atoms with Crippen LogP contribution in [0.1, 0.15) is 5.56 Å². The number of barbiturate groups is 1. The van der Waals surface area contributed by atoms with E-state index in [9.17, 15) is 18.8 Å². The van der Waals surface area contributed by atoms with Crippen LogP contribution < -0.4 is 15.5 Å². The number of halogens is 1. The summed E-state index contributed by atoms with van der Waals surface area (Å²) >= 11 is 0. The number of nitrogens with zero attached hydrogens (tertiary/aromatic N) is 1. The van der Waals surface area contributed by atoms with Gasteiger partial charge in [0, 0.05) is 5.70 Å². The quantitative estimate of drug-likeness (QED) is 0.829. The molecule has 2 aromatic rings. The number of nitrogens with one attached hydrogen (secondary N) is 2. The molecule has 0 unspecified atom stereocenters. The molecule has 2 N–H and O–H groups in total. The topological polar surface area (TPSA) is 78.5 Å². The normalized spacial score (nSPS) is 17.1. The number of urea groups is 1. The number of carbonyl (C=O) groups excluding carboxylic acids is 3. The monoisotopic (exact) mass is 353 g/mol. The highest BCUT2D eigenvalue weighted by Crippen LogP contribution is 2.26. The Hall–Kier alpha value is -3.48. The molecular weight excluding hydrogens is 337 g/mol. The van der Waals surface area contributed by atoms with Crippen LogP contribution in [0.5, 0.6) is 0 Å². The van der Waals surface area contributed by atoms with Crippen molar-refractivity contribution in [2.75, 3.05) is 10.2 Å². The van der Waals surface area contributed by atoms with E-state index in [-0.39, 0.29) is 11.4 Å². The lowest BCUT2D eigenvalue weighted by Gasteiger charge is -2.31. The second-order valence-electron chi connectivity index (χ2n) is 5.87. The zero-order chi connectivity index (χ0) is 18.8. The van der Waals surface area contributed by atoms with Gasteiger partial charge in [-0.05, 0) is 31.2 Å². The molecule has 6 nitrogen and oxygen atoms in total. The van der Waals surface area contributed by atoms with Crippen LogP contribution in [0.25, 0.3) is 0 Å². The molecular formula is C19H16FN3O3. The molecule has 1 saturated heterocycles. The average molecular weight is 353 g/mol. The van der Waals surface area contributed by atoms with E-state index in [1.807, 2.05) is 6.92 Å². The maximum atomic E-state index is 13.8. The second-order valence-corrected chi connectivity index (χ2v) is 5.87. The lowest BCUT2D eigenvalue weighted by atomic mass is 10.0. The van der Waals surface area contributed by atoms with E-state index in [1.54, 1.807) is 30.3 Å². The molecule has 1 aliphatic heterocycles. The van der Waals surface area contributed by atoms with Crippen molar-refractivity contribution >= 4 is 29.2 Å². The number of hydrogen-bond acceptors (Lipinski definition) is 4. The molecule has 0 aromatic heterocycles. The first-order valence-corrected chi connectivity index (χ1v) is 7.84. The standard InChI is InChI=1S/C19H16FN3O3/c1-11-7-9-13(10-8-11)23-18(25)16(17(24)22-19(23)26)12(2)21-15-6-4-3-5-14(15)20/h3-10,16,21H,2H2,1H3,(H,22,24,26)/t16-/m1/s1. The van der Waals surface area contributed by atoms with Crippen molar-refractivity contribution in [1.29, 1.82) is 0 Å². The van der Waals surface area contributed by atoms with Gasteiger partial charge >= 0.3 is 6.03 Å². The molecule has 2 aromatic carbocycles. The summed E-state index contributed by atoms with van der Waals surface area (Å²) in [5.74, 6) is -3.48. The highest BCUT2D eigenvalue weighted by molar-refractivity contribution is 6.28. The number of para-hydroxylation sites is 1. The van der Waals surface area contributed by atoms with Crippen molar-refractivity contribution in [2.45, 2.75) is 6.92 Å². The van der Waals surface area contributed by atoms with Crippen molar-refractivity contribution in [3.05, 3.63) is 72.2 Å². The summed E-state index contributed by atoms with van der Waals surface area (Å²) in [4.78, 5) is 38.0. The molecule has 0 bridgehead atoms. The molecule has 0 aliphatic carbocycles. The molecule has 3 rings (SSSR count). The van der Waals surface area contributed by atoms with E-state index < -0.39 is 29.6 Å². The van der Waals surface area contributed by atoms with Crippen LogP contribution in [0.3, 0.4) is 0 Å². The number of carbonyl (C=O) groups is 3. The summed E-state index contributed by atoms with van der Waals surface area (Å²) < 4.78 is 13.8. The number of rotatable bonds is 4. The molecule has 1 fully saturated rings. The van der Waals surface area contributed by atoms with E-state index in [2.05, 4.69) is 17.2 Å². The zero-order valence-electron chi connectivity index (χ0n) is 14.0. The molecule has 7 heteroatoms. The molecule has 0 radical (unpaired) electrons. The molecule has 4 amide bonds. The van der Waals surface area contributed by atoms with Crippen LogP contribution in [0.15, 0.2) is 60.8 Å². The first-order valence-electron chi connectivity index (χ1n) is 7.84. The number of anilines is 2. The third kappa shape index (κ3) is 3.19. The van der Waals surface area contributed by atoms with Crippen LogP contribution in [0.4, 0.5) is 20.6 Å². The van der Waals surface area contributed by atoms with Crippen LogP contribution >= 0.6 is 0 Å². The number of aryl methyl sites for hydroxylation is 1. The fraction of sp³-hybridized carbons (Fsp3) is 0.105. The van der Waals surface area contributed by atoms with Crippen LogP contribution in [0.2, 0.25) is 0 Å². The van der Waals surface area contributed by atoms with Gasteiger partial charge in [0.25, 0.3) is 5.91 Å². The summed E-state index contributed by atoms with van der Waals surface area (Å²) in [5.41, 5.74) is 1.34. The Labute approximate surface area is 149 Å². The van der Waals surface area contributed by atoms with Gasteiger partial charge in [0.05, 0.1) is 11.4 Å². The Bertz CT molecular complexity index is 909. The minimum atomic E-state index is -1.37. The van der Waals surface area contributed by atoms with E-state index in [1.165, 1.54) is 18.2 Å². The molecule has 26 heavy (non-hydrogen) atoms. The first-order chi connectivity index (χ1) is 12.4. The third-order valence-electron chi connectivity index (χ3n) is 3.97. The van der Waals surface area contributed by atoms with Crippen LogP contribution in [0, 0.1) is 18.7 Å². The molecule has 0 spiro atoms. The Morgan fingerprint density at radius 2 is 1.77 bits per heavy atom. The van der Waals surface area contributed by atoms with Crippen molar-refractivity contribution in [3.63, 3.8) is 0 Å². The van der Waals surface area contributed by atoms with Gasteiger partial charge < -0.3 is 5.32 Å². The van der Waals surface area contributed by atoms with Crippen LogP contribution in [-0.2, 0) is 9.59 Å². The van der Waals surface area contributed by atoms with Gasteiger partial charge in [-0.15, -0.1) is 0 Å². The highest BCUT2D eigenvalue weighted by Gasteiger charge is 2.43. The molecule has 1 aliphatic rings. The molecule has 1 heterocycles. The maximum Gasteiger partial charge on any atom is 0.335 e. The van der Waals surface area contributed by atoms with E-state index >= 15 is 0 Å². The van der Waals surface area contributed by atoms with E-state index in [4.69, 9.17) is 0 Å². The van der Waals surface area contributed by atoms with Crippen molar-refractivity contribution < 1.29 is 18.8 Å². The van der Waals surface area contributed by atoms with Crippen LogP contribution in [-0.4, -0.2) is 17.8 Å². The number of hydrogen-bond donors (Lipinski definition) is 2. The Balaban J connectivity index is 1.88. The van der Waals surface area contributed by atoms with Crippen molar-refractivity contribution in [3.8, 4) is 0 Å². The average Bonchev–Trinajstić information content (AvgIpc) is 2.58. The molecule has 0 saturated carbocycles. The van der Waals surface area contributed by atoms with Gasteiger partial charge in [-0.2, -0.15) is 0 Å². The Kier molecular flexibility index (Phi) is 4.53. The maximum absolute atomic E-state index is 13.8. The van der Waals surface area contributed by atoms with Crippen molar-refractivity contribution in [2.24, 2.45) is 5.92 Å². The minimum Gasteiger partial charge on any atom is -0.356 e. The number of benzene rings is 2. The lowest BCUT2D eigenvalue weighted by molar-refractivity contribution is -0.132. The van der Waals surface area contributed by atoms with Gasteiger partial charge in [-0.25, -0.2) is 14.1 Å². The summed E-state index contributed by atoms with van der Waals surface area (Å²) in [5, 5.41) is 4.78. The third-order valence-corrected chi connectivity index (χ3v) is 3.97. The summed E-state index contributed by atoms with van der Waals surface area (Å²) in [6, 6.07) is 11.7. The Morgan fingerprint density at radius 3 is 2.42 bits per heavy atom. The van der Waals surface area contributed by atoms with Gasteiger partial charge in [0.2, 0.25) is 5.91 Å². The van der Waals surface area contributed by atoms with E-state index in [0.717, 1.165) is 10.5 Å². The SMILES string of the molecule is C=C(Nc1ccccc1F)[C@@H]1C(=O)NC(=O)N(c2ccc(C)cc2)C1=O. The highest BCUT2D eigenvalue weighted by atomic mass is 19.1. The number of amides is 4. The smallest absolute Gasteiger partial charge is 0.335 e. The van der Waals surface area contributed by atoms with Gasteiger partial charge in [0.15, 0.2) is 5.92 Å². The first kappa shape index (κ1) is 17.3. The van der Waals surface area contributed by atoms with E-state index in [0.29, 0.717) is 5.69 Å². The lowest BCUT2D eigenvalue weighted by Crippen LogP contribution is -2.59. The summed E-state index contributed by atoms with van der Waals surface area (Å²) in [6.07, 6.45) is 0. The Morgan fingerprint density at radius 1 is 1.12 bits per heavy atom. The predicted octanol–water partition coefficient (Wildman–Crippen LogP) is 2.96. The van der Waals surface area contributed by atoms with Gasteiger partial charge in [-0.1, -0.05) is 36.4 Å². The molecule has 1 atom stereocenters. The fourth-order valence-electron chi connectivity index (χ4n) is 2.63. The summed E-state index contributed by atoms with van der Waals surface area (Å²) in [7, 11) is 0. The summed E-state index contributed by atoms with van der Waals surface area (Å²) in [6.45, 7) is 5.55. The van der Waals surface area contributed by atoms with Crippen molar-refractivity contribution in [1.82, 2.24) is 5.32 Å². The largest absolute Gasteiger partial charge is 0.356 e. The zero-order valence-corrected chi connectivity index (χ0v) is 14.0. The fourth-order valence-corrected chi connectivity index (χ4v) is 2.63. The molecule has 132 valence electrons. The van der Waals surface area contributed by atoms with Gasteiger partial charge in [0.1, 0.15) is 5.82 Å². The second kappa shape index (κ2) is 6.79. The predicted molar refractivity (Wildman–Crippen MR) is 94.9 cm³/mol. The van der Waals surface area contributed by atoms with Gasteiger partial charge in [-0.3, -0.25) is 14.9 Å².